The topological polar surface area (TPSA) is 162 Å². The van der Waals surface area contributed by atoms with Gasteiger partial charge in [0.25, 0.3) is 5.69 Å². The van der Waals surface area contributed by atoms with Crippen molar-refractivity contribution in [2.45, 2.75) is 102 Å². The van der Waals surface area contributed by atoms with Gasteiger partial charge < -0.3 is 34.0 Å². The molecule has 2 aliphatic carbocycles. The molecule has 0 radical (unpaired) electrons. The molecule has 66 heavy (non-hydrogen) atoms. The average molecular weight is 902 g/mol. The van der Waals surface area contributed by atoms with Crippen LogP contribution in [0.25, 0.3) is 10.8 Å². The van der Waals surface area contributed by atoms with Gasteiger partial charge in [0.15, 0.2) is 0 Å². The molecule has 1 fully saturated rings. The first-order valence-electron chi connectivity index (χ1n) is 23.1. The van der Waals surface area contributed by atoms with Crippen molar-refractivity contribution in [2.75, 3.05) is 26.4 Å². The third-order valence-electron chi connectivity index (χ3n) is 12.7. The number of hydrogen-bond acceptors (Lipinski definition) is 11. The fourth-order valence-electron chi connectivity index (χ4n) is 9.93. The summed E-state index contributed by atoms with van der Waals surface area (Å²) in [7, 11) is 0. The van der Waals surface area contributed by atoms with Crippen LogP contribution in [0.15, 0.2) is 127 Å². The maximum atomic E-state index is 14.9. The molecule has 3 aliphatic rings. The van der Waals surface area contributed by atoms with Gasteiger partial charge in [0.2, 0.25) is 5.79 Å². The van der Waals surface area contributed by atoms with Gasteiger partial charge in [-0.2, -0.15) is 0 Å². The predicted octanol–water partition coefficient (Wildman–Crippen LogP) is 11.2. The summed E-state index contributed by atoms with van der Waals surface area (Å²) in [5.41, 5.74) is 2.54. The van der Waals surface area contributed by atoms with Crippen LogP contribution in [0.2, 0.25) is 0 Å². The van der Waals surface area contributed by atoms with E-state index >= 15 is 0 Å². The summed E-state index contributed by atoms with van der Waals surface area (Å²) in [5, 5.41) is 38.7. The lowest BCUT2D eigenvalue weighted by molar-refractivity contribution is -0.384. The SMILES string of the molecule is C=CCCOC(=O)N(Cc1cccc2ccccc12)[C@H]1CC(=NOC(C)(C)C)C2=C[C@H](CCCCO)[C@@H](CCCCO)[C@@H]3c4cc(Oc5cccc([N+](=O)[O-])c5)ccc4O[C@@]1(OCC=C)[C@H]23. The van der Waals surface area contributed by atoms with Crippen LogP contribution in [-0.4, -0.2) is 75.7 Å². The molecular formula is C53H63N3O10. The van der Waals surface area contributed by atoms with Gasteiger partial charge in [-0.15, -0.1) is 13.2 Å². The zero-order valence-electron chi connectivity index (χ0n) is 38.3. The number of fused-ring (bicyclic) bond motifs is 3. The number of carbonyl (C=O) groups is 1. The van der Waals surface area contributed by atoms with Crippen LogP contribution in [0.1, 0.15) is 89.2 Å². The van der Waals surface area contributed by atoms with E-state index in [0.717, 1.165) is 53.2 Å². The molecule has 1 aliphatic heterocycles. The van der Waals surface area contributed by atoms with Gasteiger partial charge in [0.05, 0.1) is 42.4 Å². The molecule has 7 rings (SSSR count). The molecule has 1 amide bonds. The first kappa shape index (κ1) is 47.9. The Balaban J connectivity index is 1.48. The molecule has 1 heterocycles. The van der Waals surface area contributed by atoms with Crippen molar-refractivity contribution < 1.29 is 43.7 Å². The summed E-state index contributed by atoms with van der Waals surface area (Å²) in [6.07, 6.45) is 10.1. The lowest BCUT2D eigenvalue weighted by atomic mass is 9.55. The van der Waals surface area contributed by atoms with Crippen molar-refractivity contribution in [3.8, 4) is 17.2 Å². The molecule has 13 nitrogen and oxygen atoms in total. The quantitative estimate of drug-likeness (QED) is 0.0356. The molecule has 0 saturated heterocycles. The van der Waals surface area contributed by atoms with Crippen molar-refractivity contribution in [1.82, 2.24) is 4.90 Å². The largest absolute Gasteiger partial charge is 0.459 e. The van der Waals surface area contributed by atoms with E-state index < -0.39 is 34.4 Å². The molecule has 350 valence electrons. The average Bonchev–Trinajstić information content (AvgIpc) is 3.30. The van der Waals surface area contributed by atoms with Crippen molar-refractivity contribution >= 4 is 28.3 Å². The highest BCUT2D eigenvalue weighted by atomic mass is 16.7. The first-order chi connectivity index (χ1) is 31.9. The smallest absolute Gasteiger partial charge is 0.410 e. The number of carbonyl (C=O) groups excluding carboxylic acids is 1. The molecule has 13 heteroatoms. The van der Waals surface area contributed by atoms with Gasteiger partial charge in [-0.1, -0.05) is 84.8 Å². The number of nitro groups is 1. The van der Waals surface area contributed by atoms with E-state index in [1.54, 1.807) is 35.3 Å². The fraction of sp³-hybridized carbons (Fsp3) is 0.434. The third-order valence-corrected chi connectivity index (χ3v) is 12.7. The van der Waals surface area contributed by atoms with Crippen LogP contribution >= 0.6 is 0 Å². The van der Waals surface area contributed by atoms with Gasteiger partial charge >= 0.3 is 6.09 Å². The molecule has 0 spiro atoms. The predicted molar refractivity (Wildman–Crippen MR) is 255 cm³/mol. The summed E-state index contributed by atoms with van der Waals surface area (Å²) in [6, 6.07) is 24.9. The summed E-state index contributed by atoms with van der Waals surface area (Å²) >= 11 is 0. The highest BCUT2D eigenvalue weighted by Gasteiger charge is 2.66. The number of hydrogen-bond donors (Lipinski definition) is 2. The number of oxime groups is 1. The van der Waals surface area contributed by atoms with Gasteiger partial charge in [0.1, 0.15) is 28.9 Å². The zero-order chi connectivity index (χ0) is 46.8. The number of aliphatic hydroxyl groups is 2. The molecule has 6 atom stereocenters. The van der Waals surface area contributed by atoms with Gasteiger partial charge in [0, 0.05) is 37.2 Å². The van der Waals surface area contributed by atoms with Crippen LogP contribution in [0.3, 0.4) is 0 Å². The van der Waals surface area contributed by atoms with E-state index in [2.05, 4.69) is 19.2 Å². The summed E-state index contributed by atoms with van der Waals surface area (Å²) in [5.74, 6) is -1.18. The second-order valence-electron chi connectivity index (χ2n) is 18.3. The van der Waals surface area contributed by atoms with E-state index in [4.69, 9.17) is 28.9 Å². The maximum Gasteiger partial charge on any atom is 0.410 e. The highest BCUT2D eigenvalue weighted by molar-refractivity contribution is 6.03. The number of amides is 1. The van der Waals surface area contributed by atoms with Gasteiger partial charge in [-0.25, -0.2) is 4.79 Å². The van der Waals surface area contributed by atoms with Crippen LogP contribution in [0, 0.1) is 27.9 Å². The van der Waals surface area contributed by atoms with Crippen LogP contribution in [0.5, 0.6) is 17.2 Å². The number of rotatable bonds is 21. The Kier molecular flexibility index (Phi) is 15.6. The molecule has 4 aromatic carbocycles. The highest BCUT2D eigenvalue weighted by Crippen LogP contribution is 2.62. The Morgan fingerprint density at radius 2 is 1.70 bits per heavy atom. The Bertz CT molecular complexity index is 2420. The summed E-state index contributed by atoms with van der Waals surface area (Å²) in [4.78, 5) is 34.2. The van der Waals surface area contributed by atoms with Crippen LogP contribution in [-0.2, 0) is 20.9 Å². The molecule has 0 bridgehead atoms. The minimum absolute atomic E-state index is 0.00272. The van der Waals surface area contributed by atoms with E-state index in [0.29, 0.717) is 42.2 Å². The van der Waals surface area contributed by atoms with Crippen LogP contribution < -0.4 is 9.47 Å². The fourth-order valence-corrected chi connectivity index (χ4v) is 9.93. The second kappa shape index (κ2) is 21.5. The number of nitrogens with zero attached hydrogens (tertiary/aromatic N) is 3. The van der Waals surface area contributed by atoms with E-state index in [1.807, 2.05) is 75.4 Å². The van der Waals surface area contributed by atoms with Crippen molar-refractivity contribution in [2.24, 2.45) is 22.9 Å². The lowest BCUT2D eigenvalue weighted by Gasteiger charge is -2.60. The molecular weight excluding hydrogens is 839 g/mol. The zero-order valence-corrected chi connectivity index (χ0v) is 38.3. The van der Waals surface area contributed by atoms with Crippen molar-refractivity contribution in [1.29, 1.82) is 0 Å². The minimum atomic E-state index is -1.53. The number of nitro benzene ring substituents is 1. The number of unbranched alkanes of at least 4 members (excludes halogenated alkanes) is 2. The molecule has 0 unspecified atom stereocenters. The second-order valence-corrected chi connectivity index (χ2v) is 18.3. The molecule has 4 aromatic rings. The Morgan fingerprint density at radius 3 is 2.44 bits per heavy atom. The Labute approximate surface area is 387 Å². The normalized spacial score (nSPS) is 22.6. The number of benzene rings is 4. The lowest BCUT2D eigenvalue weighted by Crippen LogP contribution is -2.70. The monoisotopic (exact) mass is 901 g/mol. The molecule has 1 saturated carbocycles. The number of non-ortho nitro benzene ring substituents is 1. The van der Waals surface area contributed by atoms with Crippen molar-refractivity contribution in [3.05, 3.63) is 143 Å². The van der Waals surface area contributed by atoms with E-state index in [-0.39, 0.29) is 62.8 Å². The van der Waals surface area contributed by atoms with Gasteiger partial charge in [-0.3, -0.25) is 15.0 Å². The minimum Gasteiger partial charge on any atom is -0.459 e. The standard InChI is InChI=1S/C53H63N3O10/c1-6-8-30-62-51(59)55(35-38-20-15-19-36-17-9-10-23-42(36)38)48-34-46(54-66-52(3,4)5)44-31-37(18-11-13-27-57)43(24-12-14-28-58)49-45-33-41(64-40-22-16-21-39(32-40)56(60)61)25-26-47(45)65-53(48,50(44)49)63-29-7-2/h6-7,9-10,15-17,19-23,25-26,31-33,37,43,48-50,57-58H,1-2,8,11-14,18,24,27-30,34-35H2,3-5H3/t37-,43+,48-,49+,50+,53+/m0/s1. The van der Waals surface area contributed by atoms with Crippen LogP contribution in [0.4, 0.5) is 10.5 Å². The number of allylic oxidation sites excluding steroid dienone is 1. The third kappa shape index (κ3) is 10.6. The Morgan fingerprint density at radius 1 is 0.955 bits per heavy atom. The van der Waals surface area contributed by atoms with Crippen molar-refractivity contribution in [3.63, 3.8) is 0 Å². The van der Waals surface area contributed by atoms with Gasteiger partial charge in [-0.05, 0) is 111 Å². The molecule has 0 aromatic heterocycles. The Hall–Kier alpha value is -6.02. The summed E-state index contributed by atoms with van der Waals surface area (Å²) in [6.45, 7) is 14.2. The van der Waals surface area contributed by atoms with E-state index in [1.165, 1.54) is 12.1 Å². The maximum absolute atomic E-state index is 14.9. The molecule has 2 N–H and O–H groups in total. The van der Waals surface area contributed by atoms with E-state index in [9.17, 15) is 25.1 Å². The number of aliphatic hydroxyl groups excluding tert-OH is 2. The first-order valence-corrected chi connectivity index (χ1v) is 23.1. The summed E-state index contributed by atoms with van der Waals surface area (Å²) < 4.78 is 27.0. The number of ether oxygens (including phenoxy) is 4.